The number of nitrogens with zero attached hydrogens (tertiary/aromatic N) is 7. The molecule has 3 aromatic heterocycles. The molecule has 1 aliphatic carbocycles. The molecule has 1 saturated carbocycles. The zero-order valence-corrected chi connectivity index (χ0v) is 59.5. The molecule has 4 heterocycles. The first-order valence-corrected chi connectivity index (χ1v) is 35.8. The van der Waals surface area contributed by atoms with Crippen LogP contribution in [-0.2, 0) is 83.2 Å². The maximum Gasteiger partial charge on any atom is 0.326 e. The van der Waals surface area contributed by atoms with Crippen molar-refractivity contribution in [1.82, 2.24) is 92.0 Å². The summed E-state index contributed by atoms with van der Waals surface area (Å²) in [5, 5.41) is 80.9. The Kier molecular flexibility index (Phi) is 33.9. The number of aromatic nitrogens is 6. The number of hydrogen-bond acceptors (Lipinski definition) is 20. The van der Waals surface area contributed by atoms with Crippen molar-refractivity contribution in [2.75, 3.05) is 91.6 Å². The number of carbonyl (C=O) groups excluding carboxylic acids is 7. The number of aliphatic carboxylic acids is 6. The molecule has 0 bridgehead atoms. The molecule has 37 heteroatoms. The number of hydrogen-bond donors (Lipinski definition) is 17. The van der Waals surface area contributed by atoms with E-state index in [1.165, 1.54) is 25.2 Å². The Morgan fingerprint density at radius 2 is 0.907 bits per heavy atom. The Bertz CT molecular complexity index is 3710. The van der Waals surface area contributed by atoms with Crippen molar-refractivity contribution >= 4 is 88.1 Å². The summed E-state index contributed by atoms with van der Waals surface area (Å²) < 4.78 is 0. The number of carboxylic acid groups (broad SMARTS) is 6. The molecule has 8 amide bonds. The summed E-state index contributed by atoms with van der Waals surface area (Å²) in [7, 11) is 0. The molecule has 582 valence electrons. The van der Waals surface area contributed by atoms with Gasteiger partial charge in [0.2, 0.25) is 35.4 Å². The van der Waals surface area contributed by atoms with Crippen LogP contribution < -0.4 is 42.5 Å². The lowest BCUT2D eigenvalue weighted by Gasteiger charge is -2.33. The standard InChI is InChI=1S/C70H98N18O19/c89-58(37-85-23-25-86(38-60(92)93)27-29-88(40-62(96)97)30-28-87(26-24-85)39-61(94)95)79-54(19-16-50-35-72-42-77-50)66(101)82-57(32-51-36-73-43-78-51)67(102)81-53(18-15-49-34-71-41-76-49)65(100)75-33-45-9-13-47(14-10-45)63(98)80-52(17-11-44-8-12-46-5-1-2-6-48(46)31-44)64(99)74-22-4-3-7-55(68(103)104)83-70(107)84-56(69(105)106)20-21-59(90)91/h1-2,5-6,8,12,31,34-36,41-43,45,47,52-57H,3-4,7,9-11,13-30,32-33,37-40H2,(H,71,76)(H,72,77)(H,73,78)(H,74,99)(H,75,100)(H,79,89)(H,80,98)(H,81,102)(H,82,101)(H,90,91)(H,92,93)(H,94,95)(H,96,97)(H,103,104)(H,105,106)(H2,83,84,107)/t45?,47?,52-,53-,54-,55-,56-,57-/m0/s1. The van der Waals surface area contributed by atoms with Gasteiger partial charge in [0.25, 0.3) is 0 Å². The third-order valence-electron chi connectivity index (χ3n) is 18.8. The maximum absolute atomic E-state index is 14.8. The Morgan fingerprint density at radius 3 is 1.42 bits per heavy atom. The predicted molar refractivity (Wildman–Crippen MR) is 381 cm³/mol. The van der Waals surface area contributed by atoms with Gasteiger partial charge < -0.3 is 88.1 Å². The fourth-order valence-corrected chi connectivity index (χ4v) is 12.8. The lowest BCUT2D eigenvalue weighted by molar-refractivity contribution is -0.141. The second kappa shape index (κ2) is 43.5. The Labute approximate surface area is 615 Å². The number of benzene rings is 2. The molecule has 7 rings (SSSR count). The van der Waals surface area contributed by atoms with Gasteiger partial charge in [0.15, 0.2) is 0 Å². The van der Waals surface area contributed by atoms with Crippen LogP contribution >= 0.6 is 0 Å². The number of rotatable bonds is 42. The molecule has 37 nitrogen and oxygen atoms in total. The molecule has 0 unspecified atom stereocenters. The number of amides is 8. The first-order valence-electron chi connectivity index (χ1n) is 35.8. The van der Waals surface area contributed by atoms with E-state index < -0.39 is 126 Å². The number of aromatic amines is 3. The van der Waals surface area contributed by atoms with Gasteiger partial charge in [-0.1, -0.05) is 42.5 Å². The van der Waals surface area contributed by atoms with E-state index in [0.717, 1.165) is 16.3 Å². The van der Waals surface area contributed by atoms with Crippen molar-refractivity contribution in [3.63, 3.8) is 0 Å². The molecule has 2 fully saturated rings. The van der Waals surface area contributed by atoms with Crippen LogP contribution in [0.3, 0.4) is 0 Å². The van der Waals surface area contributed by atoms with Crippen LogP contribution in [0, 0.1) is 11.8 Å². The van der Waals surface area contributed by atoms with Crippen molar-refractivity contribution in [2.24, 2.45) is 11.8 Å². The summed E-state index contributed by atoms with van der Waals surface area (Å²) in [5.41, 5.74) is 2.67. The molecular formula is C70H98N18O19. The highest BCUT2D eigenvalue weighted by Gasteiger charge is 2.35. The SMILES string of the molecule is O=C(O)CC[C@H](NC(=O)N[C@@H](CCCCNC(=O)[C@H](CCc1ccc2ccccc2c1)NC(=O)C1CCC(CNC(=O)[C@H](CCc2cnc[nH]2)NC(=O)[C@H](Cc2cnc[nH]2)NC(=O)[C@H](CCc2cnc[nH]2)NC(=O)CN2CCN(CC(=O)O)CCN(CC(=O)O)CCN(CC(=O)O)CC2)CC1)C(=O)O)C(=O)O. The largest absolute Gasteiger partial charge is 0.481 e. The number of unbranched alkanes of at least 4 members (excludes halogenated alkanes) is 1. The summed E-state index contributed by atoms with van der Waals surface area (Å²) in [6.07, 6.45) is 11.2. The smallest absolute Gasteiger partial charge is 0.326 e. The van der Waals surface area contributed by atoms with E-state index in [1.54, 1.807) is 32.0 Å². The molecule has 2 aromatic carbocycles. The maximum atomic E-state index is 14.8. The average Bonchev–Trinajstić information content (AvgIpc) is 0.990. The van der Waals surface area contributed by atoms with Gasteiger partial charge in [-0.2, -0.15) is 0 Å². The molecule has 1 saturated heterocycles. The van der Waals surface area contributed by atoms with E-state index in [1.807, 2.05) is 42.5 Å². The first-order chi connectivity index (χ1) is 51.3. The van der Waals surface area contributed by atoms with Crippen LogP contribution in [0.5, 0.6) is 0 Å². The van der Waals surface area contributed by atoms with E-state index in [9.17, 15) is 87.9 Å². The Hall–Kier alpha value is -10.9. The van der Waals surface area contributed by atoms with E-state index in [-0.39, 0.29) is 161 Å². The lowest BCUT2D eigenvalue weighted by atomic mass is 9.81. The molecule has 0 radical (unpaired) electrons. The highest BCUT2D eigenvalue weighted by molar-refractivity contribution is 5.95. The molecule has 1 aliphatic heterocycles. The van der Waals surface area contributed by atoms with E-state index in [2.05, 4.69) is 72.4 Å². The Morgan fingerprint density at radius 1 is 0.439 bits per heavy atom. The second-order valence-electron chi connectivity index (χ2n) is 26.9. The predicted octanol–water partition coefficient (Wildman–Crippen LogP) is -0.856. The molecule has 107 heavy (non-hydrogen) atoms. The minimum Gasteiger partial charge on any atom is -0.481 e. The van der Waals surface area contributed by atoms with Gasteiger partial charge in [0.05, 0.1) is 45.2 Å². The summed E-state index contributed by atoms with van der Waals surface area (Å²) in [4.78, 5) is 197. The van der Waals surface area contributed by atoms with Crippen LogP contribution in [0.2, 0.25) is 0 Å². The zero-order chi connectivity index (χ0) is 77.2. The van der Waals surface area contributed by atoms with Crippen LogP contribution in [0.1, 0.15) is 99.7 Å². The summed E-state index contributed by atoms with van der Waals surface area (Å²) in [5.74, 6) is -11.6. The number of urea groups is 1. The van der Waals surface area contributed by atoms with Gasteiger partial charge >= 0.3 is 41.8 Å². The average molecular weight is 1500 g/mol. The van der Waals surface area contributed by atoms with Gasteiger partial charge in [0, 0.05) is 120 Å². The molecule has 0 spiro atoms. The van der Waals surface area contributed by atoms with Gasteiger partial charge in [-0.3, -0.25) is 67.5 Å². The fourth-order valence-electron chi connectivity index (χ4n) is 12.8. The molecular weight excluding hydrogens is 1400 g/mol. The van der Waals surface area contributed by atoms with Crippen LogP contribution in [-0.4, -0.2) is 285 Å². The van der Waals surface area contributed by atoms with Gasteiger partial charge in [-0.05, 0) is 112 Å². The third-order valence-corrected chi connectivity index (χ3v) is 18.8. The quantitative estimate of drug-likeness (QED) is 0.0212. The monoisotopic (exact) mass is 1490 g/mol. The number of fused-ring (bicyclic) bond motifs is 1. The molecule has 17 N–H and O–H groups in total. The number of H-pyrrole nitrogens is 3. The topological polar surface area (TPSA) is 539 Å². The number of aryl methyl sites for hydroxylation is 3. The summed E-state index contributed by atoms with van der Waals surface area (Å²) in [6.45, 7) is -0.0337. The zero-order valence-electron chi connectivity index (χ0n) is 59.5. The van der Waals surface area contributed by atoms with Crippen molar-refractivity contribution < 1.29 is 93.0 Å². The number of carboxylic acids is 6. The third kappa shape index (κ3) is 30.2. The summed E-state index contributed by atoms with van der Waals surface area (Å²) in [6, 6.07) is 4.82. The minimum absolute atomic E-state index is 0.00815. The van der Waals surface area contributed by atoms with E-state index >= 15 is 0 Å². The van der Waals surface area contributed by atoms with Crippen LogP contribution in [0.15, 0.2) is 80.0 Å². The van der Waals surface area contributed by atoms with Crippen LogP contribution in [0.25, 0.3) is 10.8 Å². The van der Waals surface area contributed by atoms with Crippen molar-refractivity contribution in [2.45, 2.75) is 139 Å². The first kappa shape index (κ1) is 83.4. The second-order valence-corrected chi connectivity index (χ2v) is 26.9. The van der Waals surface area contributed by atoms with Crippen molar-refractivity contribution in [3.05, 3.63) is 103 Å². The Balaban J connectivity index is 0.973. The minimum atomic E-state index is -1.58. The number of nitrogens with one attached hydrogen (secondary N) is 11. The van der Waals surface area contributed by atoms with E-state index in [0.29, 0.717) is 49.2 Å². The van der Waals surface area contributed by atoms with Gasteiger partial charge in [-0.25, -0.2) is 29.3 Å². The molecule has 6 atom stereocenters. The van der Waals surface area contributed by atoms with Crippen molar-refractivity contribution in [1.29, 1.82) is 0 Å². The van der Waals surface area contributed by atoms with Gasteiger partial charge in [-0.15, -0.1) is 0 Å². The van der Waals surface area contributed by atoms with Gasteiger partial charge in [0.1, 0.15) is 36.3 Å². The van der Waals surface area contributed by atoms with E-state index in [4.69, 9.17) is 5.11 Å². The number of imidazole rings is 3. The fraction of sp³-hybridized carbons (Fsp3) is 0.543. The highest BCUT2D eigenvalue weighted by Crippen LogP contribution is 2.29. The summed E-state index contributed by atoms with van der Waals surface area (Å²) >= 11 is 0. The van der Waals surface area contributed by atoms with Crippen LogP contribution in [0.4, 0.5) is 4.79 Å². The lowest BCUT2D eigenvalue weighted by Crippen LogP contribution is -2.58. The molecule has 5 aromatic rings. The normalized spacial score (nSPS) is 17.3. The molecule has 2 aliphatic rings. The number of carbonyl (C=O) groups is 13. The highest BCUT2D eigenvalue weighted by atomic mass is 16.4. The van der Waals surface area contributed by atoms with Crippen molar-refractivity contribution in [3.8, 4) is 0 Å².